The van der Waals surface area contributed by atoms with Gasteiger partial charge in [-0.3, -0.25) is 0 Å². The molecule has 9 heteroatoms. The summed E-state index contributed by atoms with van der Waals surface area (Å²) < 4.78 is 61.8. The third-order valence-electron chi connectivity index (χ3n) is 1.85. The average Bonchev–Trinajstić information content (AvgIpc) is 2.13. The van der Waals surface area contributed by atoms with Crippen molar-refractivity contribution in [3.05, 3.63) is 29.8 Å². The fourth-order valence-electron chi connectivity index (χ4n) is 1.07. The van der Waals surface area contributed by atoms with E-state index in [0.717, 1.165) is 6.07 Å². The first-order valence-electron chi connectivity index (χ1n) is 4.06. The first kappa shape index (κ1) is 13.7. The van der Waals surface area contributed by atoms with Crippen LogP contribution in [0.15, 0.2) is 29.2 Å². The highest BCUT2D eigenvalue weighted by Gasteiger charge is 2.65. The maximum atomic E-state index is 12.4. The van der Waals surface area contributed by atoms with Crippen LogP contribution in [0.3, 0.4) is 0 Å². The number of hydrogen-bond donors (Lipinski definition) is 2. The molecule has 0 heterocycles. The third kappa shape index (κ3) is 3.30. The number of aliphatic hydroxyl groups is 1. The van der Waals surface area contributed by atoms with Crippen molar-refractivity contribution in [3.8, 4) is 0 Å². The van der Waals surface area contributed by atoms with Gasteiger partial charge in [0.05, 0.1) is 0 Å². The van der Waals surface area contributed by atoms with E-state index in [2.05, 4.69) is 0 Å². The molecule has 0 fully saturated rings. The quantitative estimate of drug-likeness (QED) is 0.832. The van der Waals surface area contributed by atoms with Crippen LogP contribution in [0.1, 0.15) is 11.7 Å². The summed E-state index contributed by atoms with van der Waals surface area (Å²) in [5.41, 5.74) is -0.761. The molecular weight excluding hydrogens is 271 g/mol. The summed E-state index contributed by atoms with van der Waals surface area (Å²) in [6.07, 6.45) is -2.28. The van der Waals surface area contributed by atoms with Crippen molar-refractivity contribution in [1.29, 1.82) is 0 Å². The SMILES string of the molecule is O=C(O)C(O)c1cccc(S(F)(F)(F)(F)F)c1. The van der Waals surface area contributed by atoms with Crippen LogP contribution < -0.4 is 0 Å². The number of carboxylic acids is 1. The molecule has 1 aromatic carbocycles. The summed E-state index contributed by atoms with van der Waals surface area (Å²) in [4.78, 5) is 8.08. The minimum atomic E-state index is -9.85. The number of hydrogen-bond acceptors (Lipinski definition) is 2. The van der Waals surface area contributed by atoms with Crippen molar-refractivity contribution in [2.45, 2.75) is 11.0 Å². The summed E-state index contributed by atoms with van der Waals surface area (Å²) >= 11 is 0. The Labute approximate surface area is 92.2 Å². The summed E-state index contributed by atoms with van der Waals surface area (Å²) in [6, 6.07) is 1.47. The third-order valence-corrected chi connectivity index (χ3v) is 3.00. The van der Waals surface area contributed by atoms with Crippen molar-refractivity contribution in [2.75, 3.05) is 0 Å². The Morgan fingerprint density at radius 1 is 1.18 bits per heavy atom. The van der Waals surface area contributed by atoms with Crippen LogP contribution in [0.25, 0.3) is 0 Å². The van der Waals surface area contributed by atoms with E-state index in [-0.39, 0.29) is 12.1 Å². The van der Waals surface area contributed by atoms with Gasteiger partial charge < -0.3 is 10.2 Å². The molecule has 1 unspecified atom stereocenters. The van der Waals surface area contributed by atoms with Crippen molar-refractivity contribution < 1.29 is 34.4 Å². The second-order valence-corrected chi connectivity index (χ2v) is 5.69. The van der Waals surface area contributed by atoms with Gasteiger partial charge in [-0.25, -0.2) is 4.79 Å². The molecule has 0 saturated carbocycles. The van der Waals surface area contributed by atoms with Gasteiger partial charge in [0.2, 0.25) is 0 Å². The molecule has 17 heavy (non-hydrogen) atoms. The fraction of sp³-hybridized carbons (Fsp3) is 0.125. The lowest BCUT2D eigenvalue weighted by Gasteiger charge is -2.40. The highest BCUT2D eigenvalue weighted by atomic mass is 32.5. The van der Waals surface area contributed by atoms with Gasteiger partial charge in [-0.1, -0.05) is 31.6 Å². The molecule has 0 bridgehead atoms. The van der Waals surface area contributed by atoms with E-state index < -0.39 is 32.8 Å². The molecule has 0 spiro atoms. The minimum Gasteiger partial charge on any atom is -0.479 e. The molecule has 0 saturated heterocycles. The molecule has 0 amide bonds. The van der Waals surface area contributed by atoms with Gasteiger partial charge in [-0.15, -0.1) is 0 Å². The van der Waals surface area contributed by atoms with Gasteiger partial charge >= 0.3 is 16.2 Å². The molecule has 2 N–H and O–H groups in total. The Morgan fingerprint density at radius 2 is 1.71 bits per heavy atom. The normalized spacial score (nSPS) is 18.0. The van der Waals surface area contributed by atoms with E-state index in [4.69, 9.17) is 10.2 Å². The van der Waals surface area contributed by atoms with E-state index in [1.54, 1.807) is 0 Å². The van der Waals surface area contributed by atoms with Crippen LogP contribution in [0.4, 0.5) is 19.4 Å². The lowest BCUT2D eigenvalue weighted by atomic mass is 10.1. The van der Waals surface area contributed by atoms with Crippen LogP contribution in [0.2, 0.25) is 0 Å². The molecule has 0 aliphatic heterocycles. The Kier molecular flexibility index (Phi) is 2.50. The molecule has 1 aromatic rings. The summed E-state index contributed by atoms with van der Waals surface area (Å²) in [5, 5.41) is 17.3. The number of aliphatic hydroxyl groups excluding tert-OH is 1. The van der Waals surface area contributed by atoms with Gasteiger partial charge in [0.15, 0.2) is 6.10 Å². The van der Waals surface area contributed by atoms with Crippen molar-refractivity contribution in [3.63, 3.8) is 0 Å². The summed E-state index contributed by atoms with van der Waals surface area (Å²) in [7, 11) is -9.85. The Morgan fingerprint density at radius 3 is 2.12 bits per heavy atom. The maximum absolute atomic E-state index is 12.4. The zero-order chi connectivity index (χ0) is 13.5. The topological polar surface area (TPSA) is 57.5 Å². The Balaban J connectivity index is 3.35. The standard InChI is InChI=1S/C8H7F5O3S/c9-17(10,11,12,13)6-3-1-2-5(4-6)7(14)8(15)16/h1-4,7,14H,(H,15,16). The Bertz CT molecular complexity index is 469. The molecule has 98 valence electrons. The lowest BCUT2D eigenvalue weighted by Crippen LogP contribution is -2.12. The minimum absolute atomic E-state index is 0.0691. The number of carbonyl (C=O) groups is 1. The molecule has 0 radical (unpaired) electrons. The molecule has 3 nitrogen and oxygen atoms in total. The second-order valence-electron chi connectivity index (χ2n) is 3.28. The zero-order valence-corrected chi connectivity index (χ0v) is 8.80. The van der Waals surface area contributed by atoms with Crippen molar-refractivity contribution in [1.82, 2.24) is 0 Å². The van der Waals surface area contributed by atoms with Crippen LogP contribution >= 0.6 is 10.2 Å². The van der Waals surface area contributed by atoms with E-state index in [0.29, 0.717) is 6.07 Å². The van der Waals surface area contributed by atoms with Gasteiger partial charge in [0.25, 0.3) is 0 Å². The summed E-state index contributed by atoms with van der Waals surface area (Å²) in [5.74, 6) is -1.83. The molecule has 0 aliphatic carbocycles. The highest BCUT2D eigenvalue weighted by molar-refractivity contribution is 8.45. The highest BCUT2D eigenvalue weighted by Crippen LogP contribution is 3.02. The maximum Gasteiger partial charge on any atom is 0.337 e. The van der Waals surface area contributed by atoms with Crippen LogP contribution in [-0.2, 0) is 4.79 Å². The van der Waals surface area contributed by atoms with Crippen LogP contribution in [0.5, 0.6) is 0 Å². The number of aliphatic carboxylic acids is 1. The van der Waals surface area contributed by atoms with Gasteiger partial charge in [-0.2, -0.15) is 0 Å². The molecule has 0 aliphatic rings. The van der Waals surface area contributed by atoms with Crippen LogP contribution in [0, 0.1) is 0 Å². The number of carboxylic acid groups (broad SMARTS) is 1. The van der Waals surface area contributed by atoms with E-state index in [1.807, 2.05) is 0 Å². The largest absolute Gasteiger partial charge is 0.479 e. The molecule has 0 aromatic heterocycles. The van der Waals surface area contributed by atoms with E-state index >= 15 is 0 Å². The lowest BCUT2D eigenvalue weighted by molar-refractivity contribution is -0.146. The van der Waals surface area contributed by atoms with Crippen molar-refractivity contribution in [2.24, 2.45) is 0 Å². The fourth-order valence-corrected chi connectivity index (χ4v) is 1.76. The molecule has 1 atom stereocenters. The van der Waals surface area contributed by atoms with E-state index in [1.165, 1.54) is 0 Å². The number of rotatable bonds is 3. The monoisotopic (exact) mass is 278 g/mol. The van der Waals surface area contributed by atoms with Crippen molar-refractivity contribution >= 4 is 16.2 Å². The van der Waals surface area contributed by atoms with Gasteiger partial charge in [0.1, 0.15) is 4.90 Å². The first-order valence-corrected chi connectivity index (χ1v) is 6.01. The predicted octanol–water partition coefficient (Wildman–Crippen LogP) is 3.46. The predicted molar refractivity (Wildman–Crippen MR) is 50.4 cm³/mol. The van der Waals surface area contributed by atoms with Gasteiger partial charge in [0, 0.05) is 0 Å². The average molecular weight is 278 g/mol. The van der Waals surface area contributed by atoms with Gasteiger partial charge in [-0.05, 0) is 17.7 Å². The van der Waals surface area contributed by atoms with E-state index in [9.17, 15) is 24.2 Å². The Hall–Kier alpha value is -1.35. The number of benzene rings is 1. The first-order chi connectivity index (χ1) is 7.31. The summed E-state index contributed by atoms with van der Waals surface area (Å²) in [6.45, 7) is 0. The molecular formula is C8H7F5O3S. The number of halogens is 5. The smallest absolute Gasteiger partial charge is 0.337 e. The molecule has 1 rings (SSSR count). The second kappa shape index (κ2) is 3.10. The zero-order valence-electron chi connectivity index (χ0n) is 7.99. The van der Waals surface area contributed by atoms with Crippen LogP contribution in [-0.4, -0.2) is 16.2 Å².